The standard InChI is InChI=1S/C52H87N5O20/c58-43(13-8-4-1-2-5-9-14-44(59)54-25-33-72-37-41-74-39-35-70-31-22-51(66)76-56-47(62)16-17-48(56)63)20-29-68-27-12-28-69-30-21-46(61)53-24-11-7-3-6-10-15-45(60)55-26-34-73-38-42-75-40-36-71-32-23-52(67)77-57-49(64)18-19-50(57)65/h1-42H2,(H,53,61)(H,54,59)(H,55,60). The number of imide groups is 2. The first-order valence-corrected chi connectivity index (χ1v) is 27.5. The number of hydrogen-bond donors (Lipinski definition) is 3. The molecule has 2 heterocycles. The average Bonchev–Trinajstić information content (AvgIpc) is 3.90. The van der Waals surface area contributed by atoms with E-state index in [-0.39, 0.29) is 88.5 Å². The number of unbranched alkanes of at least 4 members (excludes halogenated alkanes) is 9. The van der Waals surface area contributed by atoms with Crippen LogP contribution in [0.25, 0.3) is 0 Å². The van der Waals surface area contributed by atoms with Gasteiger partial charge in [0.2, 0.25) is 17.7 Å². The maximum absolute atomic E-state index is 12.2. The number of ether oxygens (including phenoxy) is 8. The molecule has 0 saturated carbocycles. The molecule has 0 atom stereocenters. The van der Waals surface area contributed by atoms with Gasteiger partial charge in [0, 0.05) is 90.6 Å². The van der Waals surface area contributed by atoms with Crippen molar-refractivity contribution in [3.05, 3.63) is 0 Å². The van der Waals surface area contributed by atoms with Crippen LogP contribution in [0.15, 0.2) is 0 Å². The van der Waals surface area contributed by atoms with Crippen LogP contribution in [0.2, 0.25) is 0 Å². The number of nitrogens with zero attached hydrogens (tertiary/aromatic N) is 2. The molecule has 440 valence electrons. The van der Waals surface area contributed by atoms with E-state index in [2.05, 4.69) is 16.0 Å². The van der Waals surface area contributed by atoms with Crippen LogP contribution < -0.4 is 16.0 Å². The van der Waals surface area contributed by atoms with E-state index in [9.17, 15) is 47.9 Å². The summed E-state index contributed by atoms with van der Waals surface area (Å²) in [6, 6.07) is 0. The highest BCUT2D eigenvalue weighted by Crippen LogP contribution is 2.14. The van der Waals surface area contributed by atoms with E-state index in [1.54, 1.807) is 0 Å². The number of Topliss-reactive ketones (excluding diaryl/α,β-unsaturated/α-hetero) is 1. The third-order valence-electron chi connectivity index (χ3n) is 11.5. The van der Waals surface area contributed by atoms with Crippen molar-refractivity contribution < 1.29 is 95.5 Å². The van der Waals surface area contributed by atoms with Crippen molar-refractivity contribution in [1.29, 1.82) is 0 Å². The second-order valence-corrected chi connectivity index (χ2v) is 18.1. The first-order chi connectivity index (χ1) is 37.5. The van der Waals surface area contributed by atoms with Gasteiger partial charge in [-0.05, 0) is 32.1 Å². The molecule has 0 aromatic rings. The molecule has 2 aliphatic rings. The first-order valence-electron chi connectivity index (χ1n) is 27.5. The highest BCUT2D eigenvalue weighted by atomic mass is 16.7. The molecule has 3 N–H and O–H groups in total. The van der Waals surface area contributed by atoms with E-state index in [1.165, 1.54) is 0 Å². The maximum Gasteiger partial charge on any atom is 0.335 e. The van der Waals surface area contributed by atoms with Crippen molar-refractivity contribution in [2.24, 2.45) is 0 Å². The molecule has 0 spiro atoms. The zero-order valence-corrected chi connectivity index (χ0v) is 45.3. The minimum absolute atomic E-state index is 0.0110. The Morgan fingerprint density at radius 3 is 1.05 bits per heavy atom. The fourth-order valence-corrected chi connectivity index (χ4v) is 7.22. The van der Waals surface area contributed by atoms with Crippen molar-refractivity contribution >= 4 is 59.1 Å². The van der Waals surface area contributed by atoms with E-state index in [0.717, 1.165) is 70.6 Å². The minimum Gasteiger partial charge on any atom is -0.381 e. The smallest absolute Gasteiger partial charge is 0.335 e. The molecular formula is C52H87N5O20. The van der Waals surface area contributed by atoms with Crippen LogP contribution in [0.4, 0.5) is 0 Å². The van der Waals surface area contributed by atoms with Crippen LogP contribution in [0, 0.1) is 0 Å². The van der Waals surface area contributed by atoms with Gasteiger partial charge in [-0.15, -0.1) is 10.1 Å². The third-order valence-corrected chi connectivity index (χ3v) is 11.5. The van der Waals surface area contributed by atoms with Crippen LogP contribution in [-0.4, -0.2) is 195 Å². The van der Waals surface area contributed by atoms with Crippen molar-refractivity contribution in [2.75, 3.05) is 125 Å². The summed E-state index contributed by atoms with van der Waals surface area (Å²) in [6.45, 7) is 6.48. The van der Waals surface area contributed by atoms with Gasteiger partial charge in [-0.1, -0.05) is 44.9 Å². The number of carbonyl (C=O) groups is 10. The maximum atomic E-state index is 12.2. The van der Waals surface area contributed by atoms with Crippen LogP contribution in [0.3, 0.4) is 0 Å². The molecule has 77 heavy (non-hydrogen) atoms. The van der Waals surface area contributed by atoms with Gasteiger partial charge in [0.15, 0.2) is 0 Å². The lowest BCUT2D eigenvalue weighted by Gasteiger charge is -2.12. The molecule has 0 radical (unpaired) electrons. The molecule has 25 nitrogen and oxygen atoms in total. The molecule has 2 saturated heterocycles. The summed E-state index contributed by atoms with van der Waals surface area (Å²) < 4.78 is 43.4. The SMILES string of the molecule is O=C(CCCCCCCCC(=O)NCCOCCOCCOCCC(=O)ON1C(=O)CCC1=O)CCOCCCOCCC(=O)NCCCCCCCC(=O)NCCOCCOCCOCCC(=O)ON1C(=O)CCC1=O. The molecular weight excluding hydrogens is 1010 g/mol. The summed E-state index contributed by atoms with van der Waals surface area (Å²) in [5, 5.41) is 9.61. The minimum atomic E-state index is -0.720. The molecule has 2 rings (SSSR count). The number of ketones is 1. The monoisotopic (exact) mass is 1100 g/mol. The number of nitrogens with one attached hydrogen (secondary N) is 3. The Morgan fingerprint density at radius 1 is 0.299 bits per heavy atom. The van der Waals surface area contributed by atoms with Gasteiger partial charge < -0.3 is 63.5 Å². The molecule has 7 amide bonds. The normalized spacial score (nSPS) is 13.4. The Labute approximate surface area is 452 Å². The van der Waals surface area contributed by atoms with Gasteiger partial charge in [-0.25, -0.2) is 9.59 Å². The highest BCUT2D eigenvalue weighted by molar-refractivity contribution is 6.02. The Bertz CT molecular complexity index is 1570. The number of rotatable bonds is 53. The summed E-state index contributed by atoms with van der Waals surface area (Å²) >= 11 is 0. The van der Waals surface area contributed by atoms with Gasteiger partial charge in [0.25, 0.3) is 23.6 Å². The van der Waals surface area contributed by atoms with E-state index < -0.39 is 35.6 Å². The van der Waals surface area contributed by atoms with E-state index >= 15 is 0 Å². The largest absolute Gasteiger partial charge is 0.381 e. The Morgan fingerprint density at radius 2 is 0.610 bits per heavy atom. The lowest BCUT2D eigenvalue weighted by Crippen LogP contribution is -2.32. The van der Waals surface area contributed by atoms with Gasteiger partial charge in [0.1, 0.15) is 5.78 Å². The Balaban J connectivity index is 1.20. The summed E-state index contributed by atoms with van der Waals surface area (Å²) in [7, 11) is 0. The molecule has 0 aromatic heterocycles. The van der Waals surface area contributed by atoms with Gasteiger partial charge >= 0.3 is 11.9 Å². The van der Waals surface area contributed by atoms with Gasteiger partial charge in [-0.3, -0.25) is 38.4 Å². The number of hydrogen-bond acceptors (Lipinski definition) is 20. The zero-order valence-electron chi connectivity index (χ0n) is 45.3. The number of hydroxylamine groups is 4. The van der Waals surface area contributed by atoms with Crippen LogP contribution >= 0.6 is 0 Å². The molecule has 0 aliphatic carbocycles. The fraction of sp³-hybridized carbons (Fsp3) is 0.808. The lowest BCUT2D eigenvalue weighted by molar-refractivity contribution is -0.198. The van der Waals surface area contributed by atoms with Crippen molar-refractivity contribution in [1.82, 2.24) is 26.1 Å². The van der Waals surface area contributed by atoms with Crippen LogP contribution in [0.1, 0.15) is 148 Å². The predicted molar refractivity (Wildman–Crippen MR) is 273 cm³/mol. The van der Waals surface area contributed by atoms with E-state index in [0.29, 0.717) is 148 Å². The molecule has 0 aromatic carbocycles. The molecule has 2 fully saturated rings. The Kier molecular flexibility index (Phi) is 41.6. The third kappa shape index (κ3) is 39.1. The summed E-state index contributed by atoms with van der Waals surface area (Å²) in [5.41, 5.74) is 0. The van der Waals surface area contributed by atoms with E-state index in [1.807, 2.05) is 0 Å². The van der Waals surface area contributed by atoms with Gasteiger partial charge in [0.05, 0.1) is 105 Å². The summed E-state index contributed by atoms with van der Waals surface area (Å²) in [6.07, 6.45) is 12.9. The zero-order chi connectivity index (χ0) is 55.8. The van der Waals surface area contributed by atoms with Crippen molar-refractivity contribution in [2.45, 2.75) is 148 Å². The van der Waals surface area contributed by atoms with Crippen molar-refractivity contribution in [3.63, 3.8) is 0 Å². The van der Waals surface area contributed by atoms with Gasteiger partial charge in [-0.2, -0.15) is 0 Å². The highest BCUT2D eigenvalue weighted by Gasteiger charge is 2.33. The molecule has 2 aliphatic heterocycles. The van der Waals surface area contributed by atoms with Crippen LogP contribution in [0.5, 0.6) is 0 Å². The second-order valence-electron chi connectivity index (χ2n) is 18.1. The van der Waals surface area contributed by atoms with E-state index in [4.69, 9.17) is 47.6 Å². The average molecular weight is 1100 g/mol. The second kappa shape index (κ2) is 47.0. The van der Waals surface area contributed by atoms with Crippen molar-refractivity contribution in [3.8, 4) is 0 Å². The first kappa shape index (κ1) is 68.1. The molecule has 25 heteroatoms. The quantitative estimate of drug-likeness (QED) is 0.0582. The predicted octanol–water partition coefficient (Wildman–Crippen LogP) is 2.66. The lowest BCUT2D eigenvalue weighted by atomic mass is 10.1. The summed E-state index contributed by atoms with van der Waals surface area (Å²) in [4.78, 5) is 127. The fourth-order valence-electron chi connectivity index (χ4n) is 7.22. The Hall–Kier alpha value is -5.02. The number of amides is 7. The molecule has 0 unspecified atom stereocenters. The van der Waals surface area contributed by atoms with Crippen LogP contribution in [-0.2, 0) is 95.5 Å². The topological polar surface area (TPSA) is 306 Å². The molecule has 0 bridgehead atoms. The summed E-state index contributed by atoms with van der Waals surface area (Å²) in [5.74, 6) is -3.43. The number of carbonyl (C=O) groups excluding carboxylic acids is 10.